The van der Waals surface area contributed by atoms with Crippen molar-refractivity contribution >= 4 is 51.5 Å². The molecule has 0 unspecified atom stereocenters. The number of hydrogen-bond donors (Lipinski definition) is 1. The number of amides is 1. The van der Waals surface area contributed by atoms with Crippen molar-refractivity contribution in [3.8, 4) is 0 Å². The molecule has 0 aliphatic carbocycles. The van der Waals surface area contributed by atoms with Gasteiger partial charge in [0.2, 0.25) is 0 Å². The van der Waals surface area contributed by atoms with Gasteiger partial charge in [0.25, 0.3) is 5.91 Å². The molecule has 3 aromatic heterocycles. The Morgan fingerprint density at radius 3 is 2.74 bits per heavy atom. The predicted molar refractivity (Wildman–Crippen MR) is 140 cm³/mol. The first kappa shape index (κ1) is 23.5. The number of carbonyl (C=O) groups is 1. The zero-order valence-corrected chi connectivity index (χ0v) is 21.0. The molecule has 1 N–H and O–H groups in total. The van der Waals surface area contributed by atoms with E-state index in [1.165, 1.54) is 30.1 Å². The van der Waals surface area contributed by atoms with Crippen molar-refractivity contribution in [2.75, 3.05) is 7.05 Å². The number of fused-ring (bicyclic) bond motifs is 1. The van der Waals surface area contributed by atoms with Gasteiger partial charge in [0.05, 0.1) is 17.3 Å². The summed E-state index contributed by atoms with van der Waals surface area (Å²) in [6.45, 7) is 0. The molecule has 5 aromatic rings. The van der Waals surface area contributed by atoms with Gasteiger partial charge in [-0.1, -0.05) is 59.8 Å². The summed E-state index contributed by atoms with van der Waals surface area (Å²) in [5, 5.41) is 3.67. The lowest BCUT2D eigenvalue weighted by Crippen LogP contribution is -2.32. The van der Waals surface area contributed by atoms with Gasteiger partial charge in [0, 0.05) is 40.3 Å². The predicted octanol–water partition coefficient (Wildman–Crippen LogP) is 6.97. The van der Waals surface area contributed by atoms with Crippen LogP contribution in [-0.4, -0.2) is 32.8 Å². The minimum atomic E-state index is -0.319. The number of hydrogen-bond acceptors (Lipinski definition) is 5. The van der Waals surface area contributed by atoms with Crippen molar-refractivity contribution in [1.82, 2.24) is 19.9 Å². The number of benzene rings is 2. The van der Waals surface area contributed by atoms with Crippen molar-refractivity contribution in [1.29, 1.82) is 0 Å². The Balaban J connectivity index is 1.45. The molecule has 5 nitrogen and oxygen atoms in total. The van der Waals surface area contributed by atoms with Gasteiger partial charge >= 0.3 is 0 Å². The Kier molecular flexibility index (Phi) is 6.86. The third-order valence-electron chi connectivity index (χ3n) is 5.64. The molecule has 176 valence electrons. The summed E-state index contributed by atoms with van der Waals surface area (Å²) >= 11 is 9.34. The van der Waals surface area contributed by atoms with Crippen LogP contribution in [0.4, 0.5) is 4.39 Å². The van der Waals surface area contributed by atoms with Crippen LogP contribution >= 0.6 is 34.7 Å². The van der Waals surface area contributed by atoms with Gasteiger partial charge in [0.15, 0.2) is 10.9 Å². The molecule has 0 bridgehead atoms. The standard InChI is InChI=1S/C26H20ClFN4OS2/c1-32(24(22-7-4-12-34-22)19-13-29-21-6-3-2-5-18(19)21)25(33)23-20(27)14-30-26(31-23)35-15-16-8-10-17(28)11-9-16/h2-14,24,29H,15H2,1H3/t24-/m0/s1. The summed E-state index contributed by atoms with van der Waals surface area (Å²) in [6, 6.07) is 17.9. The van der Waals surface area contributed by atoms with E-state index in [1.807, 2.05) is 48.0 Å². The van der Waals surface area contributed by atoms with E-state index >= 15 is 0 Å². The van der Waals surface area contributed by atoms with E-state index in [-0.39, 0.29) is 28.5 Å². The fourth-order valence-electron chi connectivity index (χ4n) is 3.90. The zero-order chi connectivity index (χ0) is 24.4. The summed E-state index contributed by atoms with van der Waals surface area (Å²) in [7, 11) is 1.76. The summed E-state index contributed by atoms with van der Waals surface area (Å²) < 4.78 is 13.2. The van der Waals surface area contributed by atoms with Crippen molar-refractivity contribution in [3.05, 3.63) is 111 Å². The molecule has 0 saturated carbocycles. The SMILES string of the molecule is CN(C(=O)c1nc(SCc2ccc(F)cc2)ncc1Cl)[C@H](c1cccs1)c1c[nH]c2ccccc12. The van der Waals surface area contributed by atoms with Crippen molar-refractivity contribution in [3.63, 3.8) is 0 Å². The van der Waals surface area contributed by atoms with Gasteiger partial charge in [0.1, 0.15) is 5.82 Å². The topological polar surface area (TPSA) is 61.9 Å². The largest absolute Gasteiger partial charge is 0.361 e. The summed E-state index contributed by atoms with van der Waals surface area (Å²) in [6.07, 6.45) is 3.40. The lowest BCUT2D eigenvalue weighted by molar-refractivity contribution is 0.0751. The van der Waals surface area contributed by atoms with Crippen LogP contribution in [0.1, 0.15) is 32.5 Å². The molecular weight excluding hydrogens is 503 g/mol. The molecule has 0 saturated heterocycles. The van der Waals surface area contributed by atoms with Crippen LogP contribution in [0.5, 0.6) is 0 Å². The highest BCUT2D eigenvalue weighted by molar-refractivity contribution is 7.98. The van der Waals surface area contributed by atoms with Gasteiger partial charge in [-0.15, -0.1) is 11.3 Å². The zero-order valence-electron chi connectivity index (χ0n) is 18.6. The van der Waals surface area contributed by atoms with Crippen molar-refractivity contribution < 1.29 is 9.18 Å². The highest BCUT2D eigenvalue weighted by Crippen LogP contribution is 2.36. The molecule has 0 spiro atoms. The van der Waals surface area contributed by atoms with E-state index in [0.717, 1.165) is 26.9 Å². The molecule has 35 heavy (non-hydrogen) atoms. The quantitative estimate of drug-likeness (QED) is 0.185. The molecule has 0 fully saturated rings. The maximum Gasteiger partial charge on any atom is 0.274 e. The third kappa shape index (κ3) is 4.96. The number of aromatic nitrogens is 3. The second-order valence-electron chi connectivity index (χ2n) is 7.89. The van der Waals surface area contributed by atoms with E-state index in [9.17, 15) is 9.18 Å². The Morgan fingerprint density at radius 2 is 1.97 bits per heavy atom. The van der Waals surface area contributed by atoms with Gasteiger partial charge in [-0.05, 0) is 35.2 Å². The number of nitrogens with one attached hydrogen (secondary N) is 1. The lowest BCUT2D eigenvalue weighted by Gasteiger charge is -2.27. The van der Waals surface area contributed by atoms with Gasteiger partial charge in [-0.2, -0.15) is 0 Å². The van der Waals surface area contributed by atoms with Crippen LogP contribution in [-0.2, 0) is 5.75 Å². The minimum absolute atomic E-state index is 0.146. The Labute approximate surface area is 215 Å². The van der Waals surface area contributed by atoms with E-state index in [1.54, 1.807) is 35.4 Å². The highest BCUT2D eigenvalue weighted by Gasteiger charge is 2.29. The molecule has 0 aliphatic heterocycles. The van der Waals surface area contributed by atoms with E-state index in [4.69, 9.17) is 11.6 Å². The maximum absolute atomic E-state index is 13.7. The minimum Gasteiger partial charge on any atom is -0.361 e. The van der Waals surface area contributed by atoms with Crippen molar-refractivity contribution in [2.45, 2.75) is 17.0 Å². The molecule has 2 aromatic carbocycles. The molecule has 0 aliphatic rings. The number of thioether (sulfide) groups is 1. The average Bonchev–Trinajstić information content (AvgIpc) is 3.55. The van der Waals surface area contributed by atoms with Gasteiger partial charge < -0.3 is 9.88 Å². The molecule has 5 rings (SSSR count). The maximum atomic E-state index is 13.7. The van der Waals surface area contributed by atoms with Crippen LogP contribution < -0.4 is 0 Å². The first-order valence-corrected chi connectivity index (χ1v) is 13.0. The number of halogens is 2. The molecule has 1 atom stereocenters. The number of aromatic amines is 1. The first-order valence-electron chi connectivity index (χ1n) is 10.8. The first-order chi connectivity index (χ1) is 17.0. The molecule has 3 heterocycles. The summed E-state index contributed by atoms with van der Waals surface area (Å²) in [5.74, 6) is -0.0453. The molecule has 9 heteroatoms. The monoisotopic (exact) mass is 522 g/mol. The number of carbonyl (C=O) groups excluding carboxylic acids is 1. The molecule has 0 radical (unpaired) electrons. The molecular formula is C26H20ClFN4OS2. The Hall–Kier alpha value is -3.20. The Morgan fingerprint density at radius 1 is 1.17 bits per heavy atom. The van der Waals surface area contributed by atoms with Crippen LogP contribution in [0.25, 0.3) is 10.9 Å². The van der Waals surface area contributed by atoms with E-state index in [0.29, 0.717) is 10.9 Å². The summed E-state index contributed by atoms with van der Waals surface area (Å²) in [4.78, 5) is 28.5. The normalized spacial score (nSPS) is 12.1. The molecule has 1 amide bonds. The van der Waals surface area contributed by atoms with Gasteiger partial charge in [-0.3, -0.25) is 4.79 Å². The van der Waals surface area contributed by atoms with E-state index < -0.39 is 0 Å². The van der Waals surface area contributed by atoms with Crippen LogP contribution in [0, 0.1) is 5.82 Å². The smallest absolute Gasteiger partial charge is 0.274 e. The average molecular weight is 523 g/mol. The number of H-pyrrole nitrogens is 1. The van der Waals surface area contributed by atoms with Crippen molar-refractivity contribution in [2.24, 2.45) is 0 Å². The van der Waals surface area contributed by atoms with E-state index in [2.05, 4.69) is 15.0 Å². The third-order valence-corrected chi connectivity index (χ3v) is 7.78. The van der Waals surface area contributed by atoms with Crippen LogP contribution in [0.3, 0.4) is 0 Å². The summed E-state index contributed by atoms with van der Waals surface area (Å²) in [5.41, 5.74) is 3.07. The fourth-order valence-corrected chi connectivity index (χ4v) is 5.73. The number of nitrogens with zero attached hydrogens (tertiary/aromatic N) is 3. The second-order valence-corrected chi connectivity index (χ2v) is 10.2. The fraction of sp³-hybridized carbons (Fsp3) is 0.115. The second kappa shape index (κ2) is 10.2. The highest BCUT2D eigenvalue weighted by atomic mass is 35.5. The number of thiophene rings is 1. The number of para-hydroxylation sites is 1. The Bertz CT molecular complexity index is 1470. The lowest BCUT2D eigenvalue weighted by atomic mass is 10.0. The van der Waals surface area contributed by atoms with Crippen LogP contribution in [0.15, 0.2) is 83.6 Å². The van der Waals surface area contributed by atoms with Crippen LogP contribution in [0.2, 0.25) is 5.02 Å². The van der Waals surface area contributed by atoms with Gasteiger partial charge in [-0.25, -0.2) is 14.4 Å². The number of rotatable bonds is 7.